The first-order chi connectivity index (χ1) is 29.2. The minimum Gasteiger partial charge on any atom is -0.474 e. The summed E-state index contributed by atoms with van der Waals surface area (Å²) in [7, 11) is 0. The third-order valence-electron chi connectivity index (χ3n) is 11.0. The van der Waals surface area contributed by atoms with Gasteiger partial charge in [-0.25, -0.2) is 19.3 Å². The summed E-state index contributed by atoms with van der Waals surface area (Å²) in [6.45, 7) is 6.58. The number of fused-ring (bicyclic) bond motifs is 2. The second-order valence-corrected chi connectivity index (χ2v) is 15.4. The van der Waals surface area contributed by atoms with Crippen LogP contribution in [0.4, 0.5) is 21.9 Å². The van der Waals surface area contributed by atoms with Crippen molar-refractivity contribution in [3.63, 3.8) is 0 Å². The number of anilines is 3. The lowest BCUT2D eigenvalue weighted by molar-refractivity contribution is -0.137. The maximum absolute atomic E-state index is 13.2. The van der Waals surface area contributed by atoms with E-state index in [1.165, 1.54) is 12.3 Å². The van der Waals surface area contributed by atoms with Crippen molar-refractivity contribution in [1.82, 2.24) is 40.0 Å². The van der Waals surface area contributed by atoms with Crippen molar-refractivity contribution >= 4 is 64.0 Å². The van der Waals surface area contributed by atoms with Gasteiger partial charge < -0.3 is 40.0 Å². The number of benzene rings is 1. The van der Waals surface area contributed by atoms with Gasteiger partial charge in [-0.2, -0.15) is 5.10 Å². The highest BCUT2D eigenvalue weighted by Gasteiger charge is 2.39. The summed E-state index contributed by atoms with van der Waals surface area (Å²) in [6.07, 6.45) is 6.20. The Balaban J connectivity index is 0.715. The number of halogens is 1. The van der Waals surface area contributed by atoms with Crippen LogP contribution in [0.2, 0.25) is 5.02 Å². The van der Waals surface area contributed by atoms with Crippen LogP contribution in [0, 0.1) is 0 Å². The number of nitrogens with zero attached hydrogens (tertiary/aromatic N) is 7. The first-order valence-electron chi connectivity index (χ1n) is 20.1. The number of urea groups is 1. The number of piperidine rings is 1. The molecule has 6 amide bonds. The topological polar surface area (TPSA) is 214 Å². The summed E-state index contributed by atoms with van der Waals surface area (Å²) in [5, 5.41) is 15.5. The van der Waals surface area contributed by atoms with E-state index in [-0.39, 0.29) is 67.8 Å². The summed E-state index contributed by atoms with van der Waals surface area (Å²) < 4.78 is 18.9. The number of hydrogen-bond donors (Lipinski definition) is 4. The molecular formula is C40H46ClN11O8. The van der Waals surface area contributed by atoms with E-state index in [4.69, 9.17) is 25.8 Å². The van der Waals surface area contributed by atoms with Crippen LogP contribution in [0.15, 0.2) is 48.9 Å². The van der Waals surface area contributed by atoms with E-state index in [1.54, 1.807) is 27.9 Å². The lowest BCUT2D eigenvalue weighted by Crippen LogP contribution is -2.52. The van der Waals surface area contributed by atoms with Crippen LogP contribution in [0.5, 0.6) is 5.88 Å². The smallest absolute Gasteiger partial charge is 0.323 e. The molecule has 0 saturated carbocycles. The van der Waals surface area contributed by atoms with E-state index >= 15 is 0 Å². The number of imide groups is 1. The zero-order valence-electron chi connectivity index (χ0n) is 32.9. The van der Waals surface area contributed by atoms with E-state index in [2.05, 4.69) is 46.1 Å². The Kier molecular flexibility index (Phi) is 12.7. The van der Waals surface area contributed by atoms with Crippen molar-refractivity contribution < 1.29 is 38.2 Å². The fraction of sp³-hybridized carbons (Fsp3) is 0.450. The molecule has 316 valence electrons. The summed E-state index contributed by atoms with van der Waals surface area (Å²) in [6, 6.07) is 7.96. The number of piperazine rings is 1. The molecule has 4 aliphatic heterocycles. The van der Waals surface area contributed by atoms with E-state index in [0.29, 0.717) is 54.7 Å². The average molecular weight is 844 g/mol. The second kappa shape index (κ2) is 18.6. The fourth-order valence-corrected chi connectivity index (χ4v) is 8.07. The summed E-state index contributed by atoms with van der Waals surface area (Å²) >= 11 is 6.20. The van der Waals surface area contributed by atoms with Gasteiger partial charge in [0.25, 0.3) is 5.91 Å². The van der Waals surface area contributed by atoms with Crippen LogP contribution in [0.1, 0.15) is 53.2 Å². The van der Waals surface area contributed by atoms with E-state index < -0.39 is 18.0 Å². The van der Waals surface area contributed by atoms with Crippen molar-refractivity contribution in [3.8, 4) is 5.88 Å². The predicted octanol–water partition coefficient (Wildman–Crippen LogP) is 2.41. The van der Waals surface area contributed by atoms with Crippen LogP contribution in [-0.2, 0) is 30.4 Å². The van der Waals surface area contributed by atoms with Gasteiger partial charge in [0, 0.05) is 88.1 Å². The average Bonchev–Trinajstić information content (AvgIpc) is 4.02. The molecule has 0 radical (unpaired) electrons. The molecule has 2 unspecified atom stereocenters. The maximum atomic E-state index is 13.2. The number of nitrogens with one attached hydrogen (secondary N) is 4. The van der Waals surface area contributed by atoms with Gasteiger partial charge in [-0.3, -0.25) is 29.4 Å². The van der Waals surface area contributed by atoms with E-state index in [9.17, 15) is 24.0 Å². The number of carbonyl (C=O) groups is 5. The third-order valence-corrected chi connectivity index (χ3v) is 11.2. The lowest BCUT2D eigenvalue weighted by Gasteiger charge is -2.36. The molecular weight excluding hydrogens is 798 g/mol. The van der Waals surface area contributed by atoms with Gasteiger partial charge in [0.2, 0.25) is 23.6 Å². The molecule has 3 fully saturated rings. The Labute approximate surface area is 350 Å². The molecule has 3 aromatic heterocycles. The summed E-state index contributed by atoms with van der Waals surface area (Å²) in [5.74, 6) is -0.898. The van der Waals surface area contributed by atoms with Crippen molar-refractivity contribution in [2.45, 2.75) is 44.2 Å². The normalized spacial score (nSPS) is 19.4. The minimum absolute atomic E-state index is 0.0391. The molecule has 2 atom stereocenters. The Morgan fingerprint density at radius 3 is 2.63 bits per heavy atom. The standard InChI is InChI=1S/C40H46ClN11O8/c41-27-20-30(46-40(57)47-31-22-43-33-5-8-45-52(33)36(31)25-6-15-59-24-25)38(44-21-27)60-17-9-42-34(53)7-16-58-18-14-49-10-12-50(13-11-49)28-1-2-29-26(19-28)23-51(39(29)56)32-3-4-35(54)48-37(32)55/h1-2,5,8,19-22,25,32H,3-4,6-7,9-18,23-24H2,(H,42,53)(H2,46,47,57)(H,48,54,55). The second-order valence-electron chi connectivity index (χ2n) is 14.9. The van der Waals surface area contributed by atoms with Crippen LogP contribution in [0.3, 0.4) is 0 Å². The lowest BCUT2D eigenvalue weighted by atomic mass is 10.0. The third kappa shape index (κ3) is 9.44. The number of carbonyl (C=O) groups excluding carboxylic acids is 5. The zero-order chi connectivity index (χ0) is 41.6. The molecule has 4 N–H and O–H groups in total. The number of ether oxygens (including phenoxy) is 3. The fourth-order valence-electron chi connectivity index (χ4n) is 7.91. The van der Waals surface area contributed by atoms with Crippen LogP contribution in [0.25, 0.3) is 5.65 Å². The Bertz CT molecular complexity index is 2260. The van der Waals surface area contributed by atoms with Gasteiger partial charge in [-0.1, -0.05) is 11.6 Å². The predicted molar refractivity (Wildman–Crippen MR) is 218 cm³/mol. The molecule has 7 heterocycles. The van der Waals surface area contributed by atoms with Crippen LogP contribution < -0.4 is 30.9 Å². The largest absolute Gasteiger partial charge is 0.474 e. The molecule has 0 aliphatic carbocycles. The van der Waals surface area contributed by atoms with Gasteiger partial charge in [-0.05, 0) is 42.7 Å². The number of hydrogen-bond acceptors (Lipinski definition) is 13. The highest BCUT2D eigenvalue weighted by Crippen LogP contribution is 2.33. The first kappa shape index (κ1) is 40.9. The summed E-state index contributed by atoms with van der Waals surface area (Å²) in [4.78, 5) is 77.5. The molecule has 1 aromatic carbocycles. The Morgan fingerprint density at radius 2 is 1.82 bits per heavy atom. The number of pyridine rings is 1. The van der Waals surface area contributed by atoms with E-state index in [0.717, 1.165) is 56.1 Å². The SMILES string of the molecule is O=C(CCOCCN1CCN(c2ccc3c(c2)CN(C2CCC(=O)NC2=O)C3=O)CC1)NCCOc1ncc(Cl)cc1NC(=O)Nc1cnc2ccnn2c1C1CCOC1. The molecule has 20 heteroatoms. The highest BCUT2D eigenvalue weighted by atomic mass is 35.5. The van der Waals surface area contributed by atoms with Crippen molar-refractivity contribution in [3.05, 3.63) is 70.8 Å². The van der Waals surface area contributed by atoms with Gasteiger partial charge in [-0.15, -0.1) is 0 Å². The Morgan fingerprint density at radius 1 is 0.967 bits per heavy atom. The van der Waals surface area contributed by atoms with Crippen molar-refractivity contribution in [2.75, 3.05) is 87.8 Å². The minimum atomic E-state index is -0.632. The number of amides is 6. The summed E-state index contributed by atoms with van der Waals surface area (Å²) in [5.41, 5.74) is 4.74. The molecule has 4 aliphatic rings. The molecule has 0 spiro atoms. The molecule has 8 rings (SSSR count). The quantitative estimate of drug-likeness (QED) is 0.100. The monoisotopic (exact) mass is 843 g/mol. The van der Waals surface area contributed by atoms with Crippen molar-refractivity contribution in [1.29, 1.82) is 0 Å². The molecule has 0 bridgehead atoms. The molecule has 3 saturated heterocycles. The number of rotatable bonds is 15. The first-order valence-corrected chi connectivity index (χ1v) is 20.4. The van der Waals surface area contributed by atoms with Crippen LogP contribution in [-0.4, -0.2) is 137 Å². The van der Waals surface area contributed by atoms with Gasteiger partial charge in [0.05, 0.1) is 55.2 Å². The molecule has 60 heavy (non-hydrogen) atoms. The maximum Gasteiger partial charge on any atom is 0.323 e. The molecule has 19 nitrogen and oxygen atoms in total. The molecule has 4 aromatic rings. The zero-order valence-corrected chi connectivity index (χ0v) is 33.6. The van der Waals surface area contributed by atoms with E-state index in [1.807, 2.05) is 18.2 Å². The van der Waals surface area contributed by atoms with Gasteiger partial charge in [0.15, 0.2) is 5.65 Å². The highest BCUT2D eigenvalue weighted by molar-refractivity contribution is 6.30. The number of aromatic nitrogens is 4. The van der Waals surface area contributed by atoms with Crippen LogP contribution >= 0.6 is 11.6 Å². The van der Waals surface area contributed by atoms with Gasteiger partial charge >= 0.3 is 6.03 Å². The Hall–Kier alpha value is -5.89. The van der Waals surface area contributed by atoms with Crippen molar-refractivity contribution in [2.24, 2.45) is 0 Å². The van der Waals surface area contributed by atoms with Gasteiger partial charge in [0.1, 0.15) is 18.3 Å².